The molecule has 0 spiro atoms. The van der Waals surface area contributed by atoms with Crippen LogP contribution in [-0.2, 0) is 35.0 Å². The quantitative estimate of drug-likeness (QED) is 0.0918. The number of anilines is 2. The van der Waals surface area contributed by atoms with Gasteiger partial charge in [-0.25, -0.2) is 4.98 Å². The van der Waals surface area contributed by atoms with Crippen molar-refractivity contribution in [1.82, 2.24) is 19.5 Å². The summed E-state index contributed by atoms with van der Waals surface area (Å²) in [7, 11) is 0. The molecule has 0 radical (unpaired) electrons. The summed E-state index contributed by atoms with van der Waals surface area (Å²) in [6, 6.07) is 59.6. The first-order chi connectivity index (χ1) is 31.3. The normalized spacial score (nSPS) is 17.5. The van der Waals surface area contributed by atoms with Crippen LogP contribution >= 0.6 is 0 Å². The lowest BCUT2D eigenvalue weighted by Gasteiger charge is -2.40. The molecule has 3 N–H and O–H groups in total. The summed E-state index contributed by atoms with van der Waals surface area (Å²) in [6.45, 7) is 2.59. The molecular formula is C52H46N6O6. The summed E-state index contributed by atoms with van der Waals surface area (Å²) in [5.74, 6) is -0.790. The van der Waals surface area contributed by atoms with Gasteiger partial charge in [-0.05, 0) is 33.4 Å². The predicted octanol–water partition coefficient (Wildman–Crippen LogP) is 8.39. The highest BCUT2D eigenvalue weighted by Crippen LogP contribution is 2.47. The van der Waals surface area contributed by atoms with Gasteiger partial charge in [0.05, 0.1) is 12.9 Å². The number of carbonyl (C=O) groups excluding carboxylic acids is 2. The molecule has 6 aromatic carbocycles. The van der Waals surface area contributed by atoms with Crippen molar-refractivity contribution >= 4 is 34.7 Å². The summed E-state index contributed by atoms with van der Waals surface area (Å²) >= 11 is 0. The van der Waals surface area contributed by atoms with Crippen LogP contribution in [0.25, 0.3) is 11.2 Å². The number of imidazole rings is 1. The molecule has 0 unspecified atom stereocenters. The number of rotatable bonds is 14. The minimum atomic E-state index is -1.32. The molecule has 0 aliphatic carbocycles. The van der Waals surface area contributed by atoms with Crippen molar-refractivity contribution in [1.29, 1.82) is 0 Å². The highest BCUT2D eigenvalue weighted by atomic mass is 16.6. The van der Waals surface area contributed by atoms with Crippen LogP contribution in [0.15, 0.2) is 188 Å². The van der Waals surface area contributed by atoms with Gasteiger partial charge in [0.1, 0.15) is 29.5 Å². The Morgan fingerprint density at radius 1 is 0.609 bits per heavy atom. The maximum Gasteiger partial charge on any atom is 0.233 e. The van der Waals surface area contributed by atoms with E-state index in [1.54, 1.807) is 4.57 Å². The first kappa shape index (κ1) is 42.0. The number of benzene rings is 6. The van der Waals surface area contributed by atoms with Gasteiger partial charge in [-0.15, -0.1) is 0 Å². The van der Waals surface area contributed by atoms with E-state index in [9.17, 15) is 14.7 Å². The Bertz CT molecular complexity index is 2640. The van der Waals surface area contributed by atoms with E-state index in [-0.39, 0.29) is 29.5 Å². The Morgan fingerprint density at radius 2 is 1.02 bits per heavy atom. The zero-order valence-electron chi connectivity index (χ0n) is 35.2. The summed E-state index contributed by atoms with van der Waals surface area (Å²) < 4.78 is 23.5. The number of aliphatic hydroxyl groups excluding tert-OH is 1. The zero-order chi connectivity index (χ0) is 44.1. The number of nitrogens with zero attached hydrogens (tertiary/aromatic N) is 4. The summed E-state index contributed by atoms with van der Waals surface area (Å²) in [4.78, 5) is 38.5. The average Bonchev–Trinajstić information content (AvgIpc) is 3.89. The van der Waals surface area contributed by atoms with E-state index in [2.05, 4.69) is 20.6 Å². The van der Waals surface area contributed by atoms with Crippen molar-refractivity contribution in [2.45, 2.75) is 49.6 Å². The van der Waals surface area contributed by atoms with Crippen LogP contribution in [0.2, 0.25) is 0 Å². The molecular weight excluding hydrogens is 805 g/mol. The molecule has 320 valence electrons. The fourth-order valence-electron chi connectivity index (χ4n) is 8.68. The van der Waals surface area contributed by atoms with Crippen molar-refractivity contribution in [3.63, 3.8) is 0 Å². The maximum atomic E-state index is 12.9. The third kappa shape index (κ3) is 7.95. The number of ether oxygens (including phenoxy) is 3. The fourth-order valence-corrected chi connectivity index (χ4v) is 8.68. The Labute approximate surface area is 370 Å². The third-order valence-corrected chi connectivity index (χ3v) is 11.4. The molecule has 1 aliphatic rings. The lowest BCUT2D eigenvalue weighted by atomic mass is 9.79. The predicted molar refractivity (Wildman–Crippen MR) is 243 cm³/mol. The van der Waals surface area contributed by atoms with Gasteiger partial charge in [-0.2, -0.15) is 9.97 Å². The van der Waals surface area contributed by atoms with Gasteiger partial charge in [-0.1, -0.05) is 182 Å². The molecule has 0 saturated carbocycles. The second-order valence-corrected chi connectivity index (χ2v) is 15.6. The number of nitrogens with one attached hydrogen (secondary N) is 2. The van der Waals surface area contributed by atoms with E-state index in [1.165, 1.54) is 20.2 Å². The van der Waals surface area contributed by atoms with Crippen LogP contribution in [0.5, 0.6) is 0 Å². The molecule has 4 atom stereocenters. The third-order valence-electron chi connectivity index (χ3n) is 11.4. The topological polar surface area (TPSA) is 150 Å². The van der Waals surface area contributed by atoms with Crippen molar-refractivity contribution in [3.05, 3.63) is 222 Å². The average molecular weight is 851 g/mol. The summed E-state index contributed by atoms with van der Waals surface area (Å²) in [6.07, 6.45) is -3.03. The molecule has 1 fully saturated rings. The maximum absolute atomic E-state index is 12.9. The van der Waals surface area contributed by atoms with Crippen molar-refractivity contribution in [2.75, 3.05) is 17.2 Å². The molecule has 3 heterocycles. The smallest absolute Gasteiger partial charge is 0.233 e. The Morgan fingerprint density at radius 3 is 1.42 bits per heavy atom. The van der Waals surface area contributed by atoms with Gasteiger partial charge in [0.15, 0.2) is 23.2 Å². The Kier molecular flexibility index (Phi) is 11.9. The molecule has 2 amide bonds. The summed E-state index contributed by atoms with van der Waals surface area (Å²) in [5, 5.41) is 18.3. The molecule has 1 aliphatic heterocycles. The fraction of sp³-hybridized carbons (Fsp3) is 0.173. The van der Waals surface area contributed by atoms with Gasteiger partial charge in [0, 0.05) is 13.8 Å². The Hall–Kier alpha value is -7.35. The highest BCUT2D eigenvalue weighted by Gasteiger charge is 2.52. The number of carbonyl (C=O) groups is 2. The highest BCUT2D eigenvalue weighted by molar-refractivity contribution is 5.97. The number of hydrogen-bond acceptors (Lipinski definition) is 9. The van der Waals surface area contributed by atoms with E-state index >= 15 is 0 Å². The molecule has 1 saturated heterocycles. The molecule has 0 bridgehead atoms. The van der Waals surface area contributed by atoms with E-state index in [4.69, 9.17) is 19.2 Å². The van der Waals surface area contributed by atoms with Gasteiger partial charge < -0.3 is 24.6 Å². The first-order valence-corrected chi connectivity index (χ1v) is 21.1. The van der Waals surface area contributed by atoms with Crippen LogP contribution in [0.1, 0.15) is 53.5 Å². The van der Waals surface area contributed by atoms with Gasteiger partial charge in [0.2, 0.25) is 17.8 Å². The molecule has 2 aromatic heterocycles. The van der Waals surface area contributed by atoms with Crippen molar-refractivity contribution < 1.29 is 28.9 Å². The largest absolute Gasteiger partial charge is 0.387 e. The summed E-state index contributed by atoms with van der Waals surface area (Å²) in [5.41, 5.74) is 3.12. The monoisotopic (exact) mass is 850 g/mol. The lowest BCUT2D eigenvalue weighted by Crippen LogP contribution is -2.45. The number of hydrogen-bond donors (Lipinski definition) is 3. The number of fused-ring (bicyclic) bond motifs is 1. The molecule has 12 heteroatoms. The van der Waals surface area contributed by atoms with Crippen molar-refractivity contribution in [3.8, 4) is 0 Å². The standard InChI is InChI=1S/C52H46N6O6/c1-35(59)54-47-44-48(57-50(56-47)55-36(2)60)58(34-53-44)49-46(64-52(40-27-15-6-16-28-40,41-29-17-7-18-30-41)42-31-19-8-20-32-42)45(61)43(63-49)33-62-51(37-21-9-3-10-22-37,38-23-11-4-12-24-38)39-25-13-5-14-26-39/h3-32,34,43,45-46,49,61H,33H2,1-2H3,(H2,54,55,56,57,59,60)/t43-,45-,46-,49-/m1/s1. The van der Waals surface area contributed by atoms with Crippen LogP contribution in [0.4, 0.5) is 11.8 Å². The van der Waals surface area contributed by atoms with Crippen LogP contribution in [-0.4, -0.2) is 61.4 Å². The van der Waals surface area contributed by atoms with Gasteiger partial charge in [-0.3, -0.25) is 19.5 Å². The molecule has 64 heavy (non-hydrogen) atoms. The SMILES string of the molecule is CC(=O)Nc1nc(NC(C)=O)c2ncn([C@@H]3O[C@H](COC(c4ccccc4)(c4ccccc4)c4ccccc4)[C@@H](O)[C@H]3OC(c3ccccc3)(c3ccccc3)c3ccccc3)c2n1. The zero-order valence-corrected chi connectivity index (χ0v) is 35.2. The molecule has 9 rings (SSSR count). The van der Waals surface area contributed by atoms with E-state index < -0.39 is 47.6 Å². The second-order valence-electron chi connectivity index (χ2n) is 15.6. The Balaban J connectivity index is 1.22. The molecule has 8 aromatic rings. The van der Waals surface area contributed by atoms with Crippen molar-refractivity contribution in [2.24, 2.45) is 0 Å². The van der Waals surface area contributed by atoms with Gasteiger partial charge >= 0.3 is 0 Å². The van der Waals surface area contributed by atoms with E-state index in [1.807, 2.05) is 182 Å². The van der Waals surface area contributed by atoms with Gasteiger partial charge in [0.25, 0.3) is 0 Å². The van der Waals surface area contributed by atoms with Crippen LogP contribution in [0, 0.1) is 0 Å². The lowest BCUT2D eigenvalue weighted by molar-refractivity contribution is -0.122. The minimum Gasteiger partial charge on any atom is -0.387 e. The van der Waals surface area contributed by atoms with Crippen LogP contribution < -0.4 is 10.6 Å². The number of amides is 2. The number of aliphatic hydroxyl groups is 1. The molecule has 12 nitrogen and oxygen atoms in total. The minimum absolute atomic E-state index is 0.0630. The van der Waals surface area contributed by atoms with E-state index in [0.717, 1.165) is 33.4 Å². The van der Waals surface area contributed by atoms with E-state index in [0.29, 0.717) is 0 Å². The number of aromatic nitrogens is 4. The first-order valence-electron chi connectivity index (χ1n) is 21.1. The van der Waals surface area contributed by atoms with Crippen LogP contribution in [0.3, 0.4) is 0 Å². The second kappa shape index (κ2) is 18.2.